The van der Waals surface area contributed by atoms with Crippen molar-refractivity contribution in [3.63, 3.8) is 0 Å². The molecule has 1 aromatic heterocycles. The Hall–Kier alpha value is -2.96. The number of furan rings is 1. The van der Waals surface area contributed by atoms with Gasteiger partial charge in [-0.3, -0.25) is 4.79 Å². The molecule has 0 fully saturated rings. The Bertz CT molecular complexity index is 726. The van der Waals surface area contributed by atoms with Crippen molar-refractivity contribution in [2.75, 3.05) is 20.2 Å². The maximum atomic E-state index is 11.9. The van der Waals surface area contributed by atoms with Crippen molar-refractivity contribution in [2.24, 2.45) is 4.99 Å². The van der Waals surface area contributed by atoms with Gasteiger partial charge >= 0.3 is 0 Å². The number of guanidine groups is 1. The Morgan fingerprint density at radius 2 is 2.08 bits per heavy atom. The van der Waals surface area contributed by atoms with Crippen molar-refractivity contribution in [1.82, 2.24) is 16.0 Å². The molecule has 1 aromatic carbocycles. The second kappa shape index (κ2) is 10.1. The Kier molecular flexibility index (Phi) is 7.54. The van der Waals surface area contributed by atoms with Crippen LogP contribution >= 0.6 is 0 Å². The van der Waals surface area contributed by atoms with E-state index in [4.69, 9.17) is 9.15 Å². The van der Waals surface area contributed by atoms with E-state index in [1.807, 2.05) is 38.1 Å². The molecule has 1 heterocycles. The van der Waals surface area contributed by atoms with Gasteiger partial charge in [0.2, 0.25) is 5.91 Å². The summed E-state index contributed by atoms with van der Waals surface area (Å²) in [5, 5.41) is 8.93. The number of aryl methyl sites for hydroxylation is 1. The van der Waals surface area contributed by atoms with Crippen LogP contribution in [0.15, 0.2) is 46.0 Å². The summed E-state index contributed by atoms with van der Waals surface area (Å²) in [4.78, 5) is 16.5. The molecule has 0 bridgehead atoms. The summed E-state index contributed by atoms with van der Waals surface area (Å²) < 4.78 is 10.6. The number of nitrogens with one attached hydrogen (secondary N) is 3. The van der Waals surface area contributed by atoms with E-state index in [-0.39, 0.29) is 12.5 Å². The maximum Gasteiger partial charge on any atom is 0.239 e. The molecule has 7 heteroatoms. The number of methoxy groups -OCH3 is 1. The first kappa shape index (κ1) is 19.4. The number of hydrogen-bond acceptors (Lipinski definition) is 4. The quantitative estimate of drug-likeness (QED) is 0.496. The van der Waals surface area contributed by atoms with Gasteiger partial charge in [0.05, 0.1) is 33.0 Å². The van der Waals surface area contributed by atoms with Crippen LogP contribution in [-0.4, -0.2) is 32.1 Å². The Labute approximate surface area is 153 Å². The second-order valence-corrected chi connectivity index (χ2v) is 5.72. The summed E-state index contributed by atoms with van der Waals surface area (Å²) in [5.41, 5.74) is 2.12. The Morgan fingerprint density at radius 1 is 1.23 bits per heavy atom. The van der Waals surface area contributed by atoms with Crippen molar-refractivity contribution in [3.05, 3.63) is 53.5 Å². The van der Waals surface area contributed by atoms with Crippen molar-refractivity contribution in [3.8, 4) is 5.75 Å². The summed E-state index contributed by atoms with van der Waals surface area (Å²) in [6.07, 6.45) is 1.58. The molecule has 0 aliphatic carbocycles. The molecule has 26 heavy (non-hydrogen) atoms. The highest BCUT2D eigenvalue weighted by Crippen LogP contribution is 2.20. The van der Waals surface area contributed by atoms with Crippen molar-refractivity contribution in [1.29, 1.82) is 0 Å². The van der Waals surface area contributed by atoms with Crippen LogP contribution in [0.2, 0.25) is 0 Å². The number of amides is 1. The van der Waals surface area contributed by atoms with E-state index in [9.17, 15) is 4.79 Å². The molecule has 2 rings (SSSR count). The molecule has 0 unspecified atom stereocenters. The van der Waals surface area contributed by atoms with Crippen LogP contribution in [-0.2, 0) is 17.9 Å². The van der Waals surface area contributed by atoms with E-state index in [1.165, 1.54) is 0 Å². The first-order valence-corrected chi connectivity index (χ1v) is 8.57. The number of nitrogens with zero attached hydrogens (tertiary/aromatic N) is 1. The number of carbonyl (C=O) groups excluding carboxylic acids is 1. The molecule has 0 spiro atoms. The summed E-state index contributed by atoms with van der Waals surface area (Å²) >= 11 is 0. The van der Waals surface area contributed by atoms with Crippen molar-refractivity contribution in [2.45, 2.75) is 26.9 Å². The maximum absolute atomic E-state index is 11.9. The first-order valence-electron chi connectivity index (χ1n) is 8.57. The Balaban J connectivity index is 1.88. The predicted molar refractivity (Wildman–Crippen MR) is 101 cm³/mol. The molecular formula is C19H26N4O3. The molecule has 2 aromatic rings. The number of ether oxygens (including phenoxy) is 1. The standard InChI is InChI=1S/C19H26N4O3/c1-4-20-19(22-11-15-8-7-14(2)10-17(15)25-3)23-13-18(24)21-12-16-6-5-9-26-16/h5-10H,4,11-13H2,1-3H3,(H,21,24)(H2,20,22,23). The summed E-state index contributed by atoms with van der Waals surface area (Å²) in [5.74, 6) is 1.95. The monoisotopic (exact) mass is 358 g/mol. The molecule has 0 aliphatic rings. The smallest absolute Gasteiger partial charge is 0.239 e. The highest BCUT2D eigenvalue weighted by atomic mass is 16.5. The Morgan fingerprint density at radius 3 is 2.77 bits per heavy atom. The van der Waals surface area contributed by atoms with Gasteiger partial charge in [-0.2, -0.15) is 0 Å². The summed E-state index contributed by atoms with van der Waals surface area (Å²) in [6, 6.07) is 9.60. The van der Waals surface area contributed by atoms with E-state index >= 15 is 0 Å². The molecular weight excluding hydrogens is 332 g/mol. The minimum atomic E-state index is -0.139. The van der Waals surface area contributed by atoms with Crippen LogP contribution in [0.3, 0.4) is 0 Å². The number of rotatable bonds is 8. The minimum Gasteiger partial charge on any atom is -0.496 e. The van der Waals surface area contributed by atoms with Crippen LogP contribution in [0, 0.1) is 6.92 Å². The van der Waals surface area contributed by atoms with Gasteiger partial charge < -0.3 is 25.1 Å². The van der Waals surface area contributed by atoms with Crippen molar-refractivity contribution >= 4 is 11.9 Å². The average molecular weight is 358 g/mol. The number of hydrogen-bond donors (Lipinski definition) is 3. The fraction of sp³-hybridized carbons (Fsp3) is 0.368. The third kappa shape index (κ3) is 6.16. The fourth-order valence-corrected chi connectivity index (χ4v) is 2.31. The van der Waals surface area contributed by atoms with Crippen LogP contribution in [0.5, 0.6) is 5.75 Å². The zero-order chi connectivity index (χ0) is 18.8. The van der Waals surface area contributed by atoms with Crippen LogP contribution in [0.4, 0.5) is 0 Å². The average Bonchev–Trinajstić information content (AvgIpc) is 3.16. The number of carbonyl (C=O) groups is 1. The van der Waals surface area contributed by atoms with Gasteiger partial charge in [-0.05, 0) is 37.6 Å². The fourth-order valence-electron chi connectivity index (χ4n) is 2.31. The normalized spacial score (nSPS) is 11.1. The van der Waals surface area contributed by atoms with Gasteiger partial charge in [0.1, 0.15) is 11.5 Å². The molecule has 0 atom stereocenters. The first-order chi connectivity index (χ1) is 12.6. The minimum absolute atomic E-state index is 0.123. The largest absolute Gasteiger partial charge is 0.496 e. The van der Waals surface area contributed by atoms with Gasteiger partial charge in [0, 0.05) is 12.1 Å². The lowest BCUT2D eigenvalue weighted by molar-refractivity contribution is -0.120. The summed E-state index contributed by atoms with van der Waals surface area (Å²) in [6.45, 7) is 5.63. The van der Waals surface area contributed by atoms with Crippen LogP contribution < -0.4 is 20.7 Å². The van der Waals surface area contributed by atoms with E-state index in [2.05, 4.69) is 20.9 Å². The van der Waals surface area contributed by atoms with E-state index in [0.29, 0.717) is 31.4 Å². The van der Waals surface area contributed by atoms with E-state index in [0.717, 1.165) is 16.9 Å². The predicted octanol–water partition coefficient (Wildman–Crippen LogP) is 1.97. The number of aliphatic imine (C=N–C) groups is 1. The van der Waals surface area contributed by atoms with Gasteiger partial charge in [-0.15, -0.1) is 0 Å². The highest BCUT2D eigenvalue weighted by Gasteiger charge is 2.06. The molecule has 140 valence electrons. The second-order valence-electron chi connectivity index (χ2n) is 5.72. The molecule has 0 radical (unpaired) electrons. The van der Waals surface area contributed by atoms with Gasteiger partial charge in [0.15, 0.2) is 5.96 Å². The zero-order valence-corrected chi connectivity index (χ0v) is 15.5. The molecule has 3 N–H and O–H groups in total. The van der Waals surface area contributed by atoms with Crippen LogP contribution in [0.25, 0.3) is 0 Å². The SMILES string of the molecule is CCNC(=NCc1ccc(C)cc1OC)NCC(=O)NCc1ccco1. The molecule has 7 nitrogen and oxygen atoms in total. The van der Waals surface area contributed by atoms with Gasteiger partial charge in [-0.25, -0.2) is 4.99 Å². The highest BCUT2D eigenvalue weighted by molar-refractivity contribution is 5.86. The number of benzene rings is 1. The lowest BCUT2D eigenvalue weighted by atomic mass is 10.1. The third-order valence-electron chi connectivity index (χ3n) is 3.65. The molecule has 0 saturated heterocycles. The lowest BCUT2D eigenvalue weighted by Crippen LogP contribution is -2.43. The molecule has 1 amide bonds. The zero-order valence-electron chi connectivity index (χ0n) is 15.5. The molecule has 0 aliphatic heterocycles. The van der Waals surface area contributed by atoms with E-state index in [1.54, 1.807) is 19.4 Å². The van der Waals surface area contributed by atoms with Crippen molar-refractivity contribution < 1.29 is 13.9 Å². The topological polar surface area (TPSA) is 87.9 Å². The van der Waals surface area contributed by atoms with Gasteiger partial charge in [0.25, 0.3) is 0 Å². The van der Waals surface area contributed by atoms with E-state index < -0.39 is 0 Å². The summed E-state index contributed by atoms with van der Waals surface area (Å²) in [7, 11) is 1.65. The third-order valence-corrected chi connectivity index (χ3v) is 3.65. The van der Waals surface area contributed by atoms with Crippen LogP contribution in [0.1, 0.15) is 23.8 Å². The molecule has 0 saturated carbocycles. The lowest BCUT2D eigenvalue weighted by Gasteiger charge is -2.12. The van der Waals surface area contributed by atoms with Gasteiger partial charge in [-0.1, -0.05) is 12.1 Å².